The minimum absolute atomic E-state index is 0.0688. The highest BCUT2D eigenvalue weighted by Gasteiger charge is 2.33. The predicted molar refractivity (Wildman–Crippen MR) is 132 cm³/mol. The summed E-state index contributed by atoms with van der Waals surface area (Å²) in [6.45, 7) is 5.41. The zero-order valence-electron chi connectivity index (χ0n) is 18.9. The Hall–Kier alpha value is -3.83. The summed E-state index contributed by atoms with van der Waals surface area (Å²) in [5, 5.41) is 9.57. The number of rotatable bonds is 6. The number of hydrogen-bond acceptors (Lipinski definition) is 7. The number of anilines is 1. The van der Waals surface area contributed by atoms with Gasteiger partial charge < -0.3 is 10.5 Å². The van der Waals surface area contributed by atoms with E-state index in [9.17, 15) is 14.9 Å². The van der Waals surface area contributed by atoms with Crippen LogP contribution in [0.15, 0.2) is 64.4 Å². The van der Waals surface area contributed by atoms with Gasteiger partial charge in [-0.3, -0.25) is 14.5 Å². The van der Waals surface area contributed by atoms with Crippen molar-refractivity contribution in [2.75, 3.05) is 17.8 Å². The number of Topliss-reactive ketones (excluding diaryl/α,β-unsaturated/α-hetero) is 1. The lowest BCUT2D eigenvalue weighted by Gasteiger charge is -2.19. The fourth-order valence-electron chi connectivity index (χ4n) is 3.33. The molecule has 0 spiro atoms. The maximum atomic E-state index is 13.3. The molecule has 2 aromatic carbocycles. The van der Waals surface area contributed by atoms with E-state index in [0.29, 0.717) is 16.6 Å². The molecule has 1 aliphatic heterocycles. The second-order valence-corrected chi connectivity index (χ2v) is 8.51. The molecule has 0 saturated carbocycles. The fraction of sp³-hybridized carbons (Fsp3) is 0.200. The molecule has 8 heteroatoms. The lowest BCUT2D eigenvalue weighted by molar-refractivity contribution is -0.114. The van der Waals surface area contributed by atoms with Crippen molar-refractivity contribution in [3.63, 3.8) is 0 Å². The van der Waals surface area contributed by atoms with E-state index < -0.39 is 5.78 Å². The number of benzene rings is 2. The third-order valence-corrected chi connectivity index (χ3v) is 5.77. The Balaban J connectivity index is 1.98. The van der Waals surface area contributed by atoms with Crippen LogP contribution in [0.5, 0.6) is 5.75 Å². The second-order valence-electron chi connectivity index (χ2n) is 7.57. The van der Waals surface area contributed by atoms with Crippen molar-refractivity contribution in [1.29, 1.82) is 5.26 Å². The number of allylic oxidation sites excluding steroid dienone is 2. The molecule has 0 fully saturated rings. The van der Waals surface area contributed by atoms with Gasteiger partial charge in [0.1, 0.15) is 23.1 Å². The summed E-state index contributed by atoms with van der Waals surface area (Å²) in [6, 6.07) is 14.9. The first kappa shape index (κ1) is 23.8. The summed E-state index contributed by atoms with van der Waals surface area (Å²) < 4.78 is 5.18. The third kappa shape index (κ3) is 5.51. The van der Waals surface area contributed by atoms with E-state index in [1.54, 1.807) is 25.3 Å². The van der Waals surface area contributed by atoms with Crippen molar-refractivity contribution >= 4 is 40.4 Å². The molecule has 1 aliphatic rings. The van der Waals surface area contributed by atoms with Gasteiger partial charge in [-0.15, -0.1) is 0 Å². The molecule has 33 heavy (non-hydrogen) atoms. The van der Waals surface area contributed by atoms with Crippen LogP contribution in [0.4, 0.5) is 5.69 Å². The Morgan fingerprint density at radius 1 is 1.21 bits per heavy atom. The molecule has 1 amide bonds. The molecule has 168 valence electrons. The number of methoxy groups -OCH3 is 1. The lowest BCUT2D eigenvalue weighted by atomic mass is 10.1. The highest BCUT2D eigenvalue weighted by Crippen LogP contribution is 2.31. The van der Waals surface area contributed by atoms with Gasteiger partial charge in [-0.2, -0.15) is 5.26 Å². The molecule has 2 aromatic rings. The van der Waals surface area contributed by atoms with Crippen LogP contribution in [0.3, 0.4) is 0 Å². The number of nitrogens with zero attached hydrogens (tertiary/aromatic N) is 3. The van der Waals surface area contributed by atoms with Gasteiger partial charge in [0.15, 0.2) is 11.0 Å². The third-order valence-electron chi connectivity index (χ3n) is 4.83. The summed E-state index contributed by atoms with van der Waals surface area (Å²) in [6.07, 6.45) is 1.69. The van der Waals surface area contributed by atoms with Crippen molar-refractivity contribution in [3.05, 3.63) is 76.1 Å². The number of nitriles is 1. The second kappa shape index (κ2) is 10.2. The van der Waals surface area contributed by atoms with Crippen LogP contribution < -0.4 is 15.4 Å². The molecule has 7 nitrogen and oxygen atoms in total. The number of ether oxygens (including phenoxy) is 1. The molecular formula is C25H24N4O3S. The van der Waals surface area contributed by atoms with Gasteiger partial charge in [0.2, 0.25) is 0 Å². The maximum absolute atomic E-state index is 13.3. The molecule has 0 aromatic heterocycles. The molecule has 2 N–H and O–H groups in total. The molecule has 1 heterocycles. The number of thioether (sulfide) groups is 1. The van der Waals surface area contributed by atoms with Crippen LogP contribution in [-0.2, 0) is 9.59 Å². The average Bonchev–Trinajstić information content (AvgIpc) is 3.07. The van der Waals surface area contributed by atoms with E-state index in [0.717, 1.165) is 28.5 Å². The highest BCUT2D eigenvalue weighted by atomic mass is 32.2. The van der Waals surface area contributed by atoms with Crippen LogP contribution in [-0.4, -0.2) is 29.7 Å². The Morgan fingerprint density at radius 3 is 2.39 bits per heavy atom. The summed E-state index contributed by atoms with van der Waals surface area (Å²) in [4.78, 5) is 31.8. The van der Waals surface area contributed by atoms with Crippen LogP contribution in [0, 0.1) is 25.2 Å². The van der Waals surface area contributed by atoms with Crippen LogP contribution >= 0.6 is 11.8 Å². The monoisotopic (exact) mass is 460 g/mol. The van der Waals surface area contributed by atoms with Gasteiger partial charge in [-0.25, -0.2) is 4.99 Å². The molecular weight excluding hydrogens is 436 g/mol. The molecule has 0 atom stereocenters. The number of hydrogen-bond donors (Lipinski definition) is 1. The molecule has 3 rings (SSSR count). The first-order valence-electron chi connectivity index (χ1n) is 10.1. The van der Waals surface area contributed by atoms with Gasteiger partial charge in [0.25, 0.3) is 5.91 Å². The van der Waals surface area contributed by atoms with Crippen molar-refractivity contribution in [2.24, 2.45) is 10.7 Å². The number of nitrogens with two attached hydrogens (primary N) is 1. The first-order valence-corrected chi connectivity index (χ1v) is 11.1. The number of carbonyl (C=O) groups is 2. The van der Waals surface area contributed by atoms with E-state index in [1.165, 1.54) is 11.8 Å². The van der Waals surface area contributed by atoms with Crippen molar-refractivity contribution in [1.82, 2.24) is 0 Å². The number of carbonyl (C=O) groups excluding carboxylic acids is 2. The zero-order chi connectivity index (χ0) is 24.1. The Kier molecular flexibility index (Phi) is 7.36. The van der Waals surface area contributed by atoms with Crippen LogP contribution in [0.2, 0.25) is 0 Å². The quantitative estimate of drug-likeness (QED) is 0.513. The summed E-state index contributed by atoms with van der Waals surface area (Å²) >= 11 is 1.10. The lowest BCUT2D eigenvalue weighted by Crippen LogP contribution is -2.31. The zero-order valence-corrected chi connectivity index (χ0v) is 19.7. The normalized spacial score (nSPS) is 15.2. The topological polar surface area (TPSA) is 109 Å². The van der Waals surface area contributed by atoms with Crippen LogP contribution in [0.1, 0.15) is 23.6 Å². The molecule has 0 unspecified atom stereocenters. The van der Waals surface area contributed by atoms with E-state index >= 15 is 0 Å². The van der Waals surface area contributed by atoms with Gasteiger partial charge >= 0.3 is 0 Å². The minimum Gasteiger partial charge on any atom is -0.497 e. The van der Waals surface area contributed by atoms with E-state index in [4.69, 9.17) is 10.5 Å². The van der Waals surface area contributed by atoms with Crippen molar-refractivity contribution in [3.8, 4) is 11.8 Å². The highest BCUT2D eigenvalue weighted by molar-refractivity contribution is 8.14. The summed E-state index contributed by atoms with van der Waals surface area (Å²) in [5.74, 6) is -0.0651. The first-order chi connectivity index (χ1) is 15.7. The van der Waals surface area contributed by atoms with Gasteiger partial charge in [0, 0.05) is 5.70 Å². The van der Waals surface area contributed by atoms with E-state index in [-0.39, 0.29) is 28.6 Å². The van der Waals surface area contributed by atoms with Gasteiger partial charge in [-0.05, 0) is 67.8 Å². The van der Waals surface area contributed by atoms with E-state index in [1.807, 2.05) is 50.2 Å². The smallest absolute Gasteiger partial charge is 0.283 e. The molecule has 0 aliphatic carbocycles. The SMILES string of the molecule is COc1ccc(C=C2N=C(SCC(=O)C(C#N)=C(C)N)N(c3cc(C)cc(C)c3)C2=O)cc1. The Bertz CT molecular complexity index is 1210. The number of ketones is 1. The average molecular weight is 461 g/mol. The van der Waals surface area contributed by atoms with Gasteiger partial charge in [-0.1, -0.05) is 30.0 Å². The van der Waals surface area contributed by atoms with Crippen molar-refractivity contribution in [2.45, 2.75) is 20.8 Å². The standard InChI is InChI=1S/C25H24N4O3S/c1-15-9-16(2)11-19(10-15)29-24(31)22(12-18-5-7-20(32-4)8-6-18)28-25(29)33-14-23(30)21(13-26)17(3)27/h5-12H,14,27H2,1-4H3. The Labute approximate surface area is 197 Å². The fourth-order valence-corrected chi connectivity index (χ4v) is 4.22. The summed E-state index contributed by atoms with van der Waals surface area (Å²) in [7, 11) is 1.59. The Morgan fingerprint density at radius 2 is 1.85 bits per heavy atom. The largest absolute Gasteiger partial charge is 0.497 e. The molecule has 0 radical (unpaired) electrons. The minimum atomic E-state index is -0.411. The predicted octanol–water partition coefficient (Wildman–Crippen LogP) is 4.11. The number of amides is 1. The van der Waals surface area contributed by atoms with Crippen molar-refractivity contribution < 1.29 is 14.3 Å². The summed E-state index contributed by atoms with van der Waals surface area (Å²) in [5.41, 5.74) is 9.44. The molecule has 0 bridgehead atoms. The number of aliphatic imine (C=N–C) groups is 1. The van der Waals surface area contributed by atoms with E-state index in [2.05, 4.69) is 4.99 Å². The maximum Gasteiger partial charge on any atom is 0.283 e. The number of aryl methyl sites for hydroxylation is 2. The van der Waals surface area contributed by atoms with Crippen LogP contribution in [0.25, 0.3) is 6.08 Å². The molecule has 0 saturated heterocycles. The van der Waals surface area contributed by atoms with Gasteiger partial charge in [0.05, 0.1) is 18.6 Å². The number of amidine groups is 1.